The van der Waals surface area contributed by atoms with E-state index in [-0.39, 0.29) is 0 Å². The molecule has 2 aliphatic rings. The molecule has 1 aliphatic carbocycles. The van der Waals surface area contributed by atoms with E-state index in [0.717, 1.165) is 24.6 Å². The van der Waals surface area contributed by atoms with Gasteiger partial charge < -0.3 is 18.9 Å². The Hall–Kier alpha value is -2.08. The summed E-state index contributed by atoms with van der Waals surface area (Å²) in [4.78, 5) is 2.67. The third kappa shape index (κ3) is 7.22. The van der Waals surface area contributed by atoms with Crippen LogP contribution in [0.3, 0.4) is 0 Å². The summed E-state index contributed by atoms with van der Waals surface area (Å²) in [6.45, 7) is 13.8. The maximum Gasteiger partial charge on any atom is 0.126 e. The largest absolute Gasteiger partial charge is 0.491 e. The number of benzene rings is 2. The molecule has 0 N–H and O–H groups in total. The molecule has 4 rings (SSSR count). The summed E-state index contributed by atoms with van der Waals surface area (Å²) in [7, 11) is 0. The second-order valence-electron chi connectivity index (χ2n) is 10.3. The van der Waals surface area contributed by atoms with Gasteiger partial charge in [0.15, 0.2) is 0 Å². The lowest BCUT2D eigenvalue weighted by Crippen LogP contribution is -2.36. The third-order valence-corrected chi connectivity index (χ3v) is 7.15. The molecule has 0 spiro atoms. The summed E-state index contributed by atoms with van der Waals surface area (Å²) >= 11 is 0. The highest BCUT2D eigenvalue weighted by Crippen LogP contribution is 2.33. The Morgan fingerprint density at radius 1 is 0.600 bits per heavy atom. The molecule has 0 saturated heterocycles. The maximum absolute atomic E-state index is 6.33. The molecule has 192 valence electrons. The fourth-order valence-electron chi connectivity index (χ4n) is 5.66. The zero-order valence-corrected chi connectivity index (χ0v) is 22.2. The van der Waals surface area contributed by atoms with Crippen molar-refractivity contribution in [2.24, 2.45) is 0 Å². The number of rotatable bonds is 1. The van der Waals surface area contributed by atoms with E-state index in [0.29, 0.717) is 45.7 Å². The second-order valence-corrected chi connectivity index (χ2v) is 10.3. The normalized spacial score (nSPS) is 19.7. The predicted octanol–water partition coefficient (Wildman–Crippen LogP) is 6.06. The van der Waals surface area contributed by atoms with Gasteiger partial charge in [0.25, 0.3) is 0 Å². The Morgan fingerprint density at radius 2 is 1.06 bits per heavy atom. The van der Waals surface area contributed by atoms with Gasteiger partial charge in [0.2, 0.25) is 0 Å². The van der Waals surface area contributed by atoms with Crippen LogP contribution in [0.1, 0.15) is 65.5 Å². The molecule has 0 atom stereocenters. The van der Waals surface area contributed by atoms with Crippen molar-refractivity contribution >= 4 is 0 Å². The third-order valence-electron chi connectivity index (χ3n) is 7.15. The van der Waals surface area contributed by atoms with E-state index in [2.05, 4.69) is 56.9 Å². The maximum atomic E-state index is 6.33. The first-order valence-corrected chi connectivity index (χ1v) is 13.4. The van der Waals surface area contributed by atoms with Gasteiger partial charge in [-0.15, -0.1) is 0 Å². The lowest BCUT2D eigenvalue weighted by molar-refractivity contribution is 0.0271. The zero-order valence-electron chi connectivity index (χ0n) is 22.2. The lowest BCUT2D eigenvalue weighted by Gasteiger charge is -2.35. The molecule has 0 unspecified atom stereocenters. The van der Waals surface area contributed by atoms with Gasteiger partial charge >= 0.3 is 0 Å². The standard InChI is InChI=1S/C30H43NO4/c1-22-16-24(3)29-26(18-22)20-31(28-8-6-5-7-9-28)21-27-19-23(2)17-25(4)30(27)35-15-13-33-11-10-32-12-14-34-29/h16-19,28H,5-15,20-21H2,1-4H3. The van der Waals surface area contributed by atoms with Gasteiger partial charge in [0, 0.05) is 30.3 Å². The smallest absolute Gasteiger partial charge is 0.126 e. The quantitative estimate of drug-likeness (QED) is 0.495. The highest BCUT2D eigenvalue weighted by atomic mass is 16.6. The van der Waals surface area contributed by atoms with E-state index in [1.807, 2.05) is 0 Å². The molecule has 1 heterocycles. The molecule has 0 aromatic heterocycles. The van der Waals surface area contributed by atoms with Crippen LogP contribution in [-0.2, 0) is 22.6 Å². The van der Waals surface area contributed by atoms with E-state index in [4.69, 9.17) is 18.9 Å². The average Bonchev–Trinajstić information content (AvgIpc) is 2.82. The molecule has 0 radical (unpaired) electrons. The fourth-order valence-corrected chi connectivity index (χ4v) is 5.66. The lowest BCUT2D eigenvalue weighted by atomic mass is 9.92. The Kier molecular flexibility index (Phi) is 9.47. The molecule has 1 saturated carbocycles. The van der Waals surface area contributed by atoms with Crippen LogP contribution in [0.4, 0.5) is 0 Å². The molecule has 2 aromatic rings. The fraction of sp³-hybridized carbons (Fsp3) is 0.600. The van der Waals surface area contributed by atoms with Crippen LogP contribution in [0.25, 0.3) is 0 Å². The first kappa shape index (κ1) is 26.0. The van der Waals surface area contributed by atoms with Gasteiger partial charge in [-0.1, -0.05) is 54.7 Å². The molecule has 2 aromatic carbocycles. The van der Waals surface area contributed by atoms with Crippen LogP contribution in [-0.4, -0.2) is 50.6 Å². The van der Waals surface area contributed by atoms with Gasteiger partial charge in [-0.25, -0.2) is 0 Å². The Morgan fingerprint density at radius 3 is 1.54 bits per heavy atom. The molecule has 5 heteroatoms. The number of nitrogens with zero attached hydrogens (tertiary/aromatic N) is 1. The minimum Gasteiger partial charge on any atom is -0.491 e. The Labute approximate surface area is 211 Å². The van der Waals surface area contributed by atoms with Crippen LogP contribution in [0, 0.1) is 27.7 Å². The molecule has 1 fully saturated rings. The monoisotopic (exact) mass is 481 g/mol. The van der Waals surface area contributed by atoms with Crippen LogP contribution < -0.4 is 9.47 Å². The summed E-state index contributed by atoms with van der Waals surface area (Å²) in [5.41, 5.74) is 7.49. The van der Waals surface area contributed by atoms with E-state index >= 15 is 0 Å². The molecule has 0 amide bonds. The van der Waals surface area contributed by atoms with Crippen LogP contribution >= 0.6 is 0 Å². The highest BCUT2D eigenvalue weighted by Gasteiger charge is 2.25. The number of hydrogen-bond acceptors (Lipinski definition) is 5. The van der Waals surface area contributed by atoms with Gasteiger partial charge in [0.1, 0.15) is 24.7 Å². The average molecular weight is 482 g/mol. The van der Waals surface area contributed by atoms with Crippen molar-refractivity contribution < 1.29 is 18.9 Å². The number of fused-ring (bicyclic) bond motifs is 2. The Balaban J connectivity index is 1.70. The highest BCUT2D eigenvalue weighted by molar-refractivity contribution is 5.45. The minimum absolute atomic E-state index is 0.546. The van der Waals surface area contributed by atoms with Crippen molar-refractivity contribution in [1.82, 2.24) is 4.90 Å². The molecule has 1 aliphatic heterocycles. The first-order valence-electron chi connectivity index (χ1n) is 13.4. The van der Waals surface area contributed by atoms with E-state index in [1.54, 1.807) is 0 Å². The van der Waals surface area contributed by atoms with E-state index in [9.17, 15) is 0 Å². The van der Waals surface area contributed by atoms with Gasteiger partial charge in [0.05, 0.1) is 26.4 Å². The molecule has 5 nitrogen and oxygen atoms in total. The summed E-state index contributed by atoms with van der Waals surface area (Å²) in [6, 6.07) is 9.62. The number of ether oxygens (including phenoxy) is 4. The topological polar surface area (TPSA) is 40.2 Å². The molecular weight excluding hydrogens is 438 g/mol. The van der Waals surface area contributed by atoms with Gasteiger partial charge in [-0.2, -0.15) is 0 Å². The van der Waals surface area contributed by atoms with Crippen molar-refractivity contribution in [3.8, 4) is 11.5 Å². The summed E-state index contributed by atoms with van der Waals surface area (Å²) in [5, 5.41) is 0. The van der Waals surface area contributed by atoms with E-state index in [1.165, 1.54) is 65.5 Å². The molecule has 0 bridgehead atoms. The van der Waals surface area contributed by atoms with Crippen LogP contribution in [0.2, 0.25) is 0 Å². The molecule has 35 heavy (non-hydrogen) atoms. The van der Waals surface area contributed by atoms with Crippen molar-refractivity contribution in [3.05, 3.63) is 57.6 Å². The van der Waals surface area contributed by atoms with Crippen molar-refractivity contribution in [1.29, 1.82) is 0 Å². The number of hydrogen-bond donors (Lipinski definition) is 0. The summed E-state index contributed by atoms with van der Waals surface area (Å²) in [6.07, 6.45) is 6.47. The van der Waals surface area contributed by atoms with E-state index < -0.39 is 0 Å². The summed E-state index contributed by atoms with van der Waals surface area (Å²) < 4.78 is 24.1. The van der Waals surface area contributed by atoms with Gasteiger partial charge in [-0.05, 0) is 51.7 Å². The Bertz CT molecular complexity index is 898. The summed E-state index contributed by atoms with van der Waals surface area (Å²) in [5.74, 6) is 2.02. The van der Waals surface area contributed by atoms with Crippen LogP contribution in [0.5, 0.6) is 11.5 Å². The first-order chi connectivity index (χ1) is 17.0. The molecular formula is C30H43NO4. The SMILES string of the molecule is Cc1cc(C)c2c(c1)CN(C1CCCCC1)Cc1cc(C)cc(C)c1OCCOCCOCCO2. The van der Waals surface area contributed by atoms with Crippen molar-refractivity contribution in [2.75, 3.05) is 39.6 Å². The predicted molar refractivity (Wildman–Crippen MR) is 141 cm³/mol. The minimum atomic E-state index is 0.546. The zero-order chi connectivity index (χ0) is 24.6. The van der Waals surface area contributed by atoms with Crippen molar-refractivity contribution in [2.45, 2.75) is 78.9 Å². The second kappa shape index (κ2) is 12.8. The van der Waals surface area contributed by atoms with Crippen molar-refractivity contribution in [3.63, 3.8) is 0 Å². The van der Waals surface area contributed by atoms with Crippen LogP contribution in [0.15, 0.2) is 24.3 Å². The van der Waals surface area contributed by atoms with Gasteiger partial charge in [-0.3, -0.25) is 4.90 Å². The number of aryl methyl sites for hydroxylation is 4.